The van der Waals surface area contributed by atoms with Crippen LogP contribution in [0.5, 0.6) is 0 Å². The number of carbonyl (C=O) groups excluding carboxylic acids is 1. The molecule has 0 fully saturated rings. The number of imidazole rings is 1. The van der Waals surface area contributed by atoms with Crippen LogP contribution in [0.4, 0.5) is 5.69 Å². The van der Waals surface area contributed by atoms with Crippen molar-refractivity contribution in [3.63, 3.8) is 0 Å². The van der Waals surface area contributed by atoms with Gasteiger partial charge in [0, 0.05) is 29.7 Å². The lowest BCUT2D eigenvalue weighted by atomic mass is 10.2. The van der Waals surface area contributed by atoms with E-state index < -0.39 is 0 Å². The average Bonchev–Trinajstić information content (AvgIpc) is 2.94. The van der Waals surface area contributed by atoms with Gasteiger partial charge >= 0.3 is 0 Å². The molecule has 3 aromatic rings. The smallest absolute Gasteiger partial charge is 0.259 e. The number of hydrogen-bond donors (Lipinski definition) is 1. The molecule has 6 heteroatoms. The minimum absolute atomic E-state index is 0.206. The van der Waals surface area contributed by atoms with E-state index in [1.165, 1.54) is 0 Å². The number of nitrogens with zero attached hydrogens (tertiary/aromatic N) is 4. The summed E-state index contributed by atoms with van der Waals surface area (Å²) < 4.78 is 2.02. The Labute approximate surface area is 147 Å². The van der Waals surface area contributed by atoms with Gasteiger partial charge in [0.15, 0.2) is 0 Å². The zero-order chi connectivity index (χ0) is 18.0. The summed E-state index contributed by atoms with van der Waals surface area (Å²) >= 11 is 0. The normalized spacial score (nSPS) is 10.7. The third-order valence-corrected chi connectivity index (χ3v) is 4.25. The van der Waals surface area contributed by atoms with Gasteiger partial charge in [-0.25, -0.2) is 15.0 Å². The first-order valence-corrected chi connectivity index (χ1v) is 8.24. The summed E-state index contributed by atoms with van der Waals surface area (Å²) in [5.74, 6) is 0.534. The molecule has 1 amide bonds. The molecule has 25 heavy (non-hydrogen) atoms. The van der Waals surface area contributed by atoms with Crippen molar-refractivity contribution in [2.75, 3.05) is 5.32 Å². The van der Waals surface area contributed by atoms with Crippen LogP contribution in [0, 0.1) is 20.8 Å². The summed E-state index contributed by atoms with van der Waals surface area (Å²) in [6.45, 7) is 7.82. The third-order valence-electron chi connectivity index (χ3n) is 4.25. The Hall–Kier alpha value is -3.02. The van der Waals surface area contributed by atoms with E-state index in [0.29, 0.717) is 11.3 Å². The standard InChI is InChI=1S/C19H21N5O/c1-5-18-20-10-17(13(3)22-18)19(25)23-15-6-8-16(9-7-15)24-11-21-12(2)14(24)4/h6-11H,5H2,1-4H3,(H,23,25). The van der Waals surface area contributed by atoms with Crippen molar-refractivity contribution < 1.29 is 4.79 Å². The maximum Gasteiger partial charge on any atom is 0.259 e. The van der Waals surface area contributed by atoms with Gasteiger partial charge in [0.05, 0.1) is 23.3 Å². The molecular formula is C19H21N5O. The predicted molar refractivity (Wildman–Crippen MR) is 97.1 cm³/mol. The molecule has 0 radical (unpaired) electrons. The molecule has 1 N–H and O–H groups in total. The molecule has 128 valence electrons. The molecule has 3 rings (SSSR count). The van der Waals surface area contributed by atoms with Gasteiger partial charge in [-0.2, -0.15) is 0 Å². The highest BCUT2D eigenvalue weighted by molar-refractivity contribution is 6.04. The Kier molecular flexibility index (Phi) is 4.61. The lowest BCUT2D eigenvalue weighted by molar-refractivity contribution is 0.102. The van der Waals surface area contributed by atoms with Crippen molar-refractivity contribution in [1.29, 1.82) is 0 Å². The summed E-state index contributed by atoms with van der Waals surface area (Å²) in [5, 5.41) is 2.89. The van der Waals surface area contributed by atoms with Gasteiger partial charge in [-0.05, 0) is 45.0 Å². The van der Waals surface area contributed by atoms with Crippen molar-refractivity contribution in [1.82, 2.24) is 19.5 Å². The van der Waals surface area contributed by atoms with Gasteiger partial charge in [0.2, 0.25) is 0 Å². The van der Waals surface area contributed by atoms with Crippen LogP contribution in [0.15, 0.2) is 36.8 Å². The molecule has 0 aliphatic carbocycles. The summed E-state index contributed by atoms with van der Waals surface area (Å²) in [4.78, 5) is 25.3. The van der Waals surface area contributed by atoms with E-state index in [0.717, 1.165) is 35.0 Å². The van der Waals surface area contributed by atoms with Gasteiger partial charge in [0.25, 0.3) is 5.91 Å². The Morgan fingerprint density at radius 2 is 1.80 bits per heavy atom. The van der Waals surface area contributed by atoms with E-state index in [2.05, 4.69) is 20.3 Å². The molecule has 0 aliphatic rings. The van der Waals surface area contributed by atoms with Crippen LogP contribution in [0.1, 0.15) is 40.2 Å². The fourth-order valence-electron chi connectivity index (χ4n) is 2.57. The van der Waals surface area contributed by atoms with Crippen molar-refractivity contribution in [2.45, 2.75) is 34.1 Å². The number of nitrogens with one attached hydrogen (secondary N) is 1. The maximum atomic E-state index is 12.4. The first-order chi connectivity index (χ1) is 12.0. The number of carbonyl (C=O) groups is 1. The second-order valence-corrected chi connectivity index (χ2v) is 5.93. The number of rotatable bonds is 4. The van der Waals surface area contributed by atoms with Crippen LogP contribution in [-0.2, 0) is 6.42 Å². The second-order valence-electron chi connectivity index (χ2n) is 5.93. The van der Waals surface area contributed by atoms with Gasteiger partial charge < -0.3 is 9.88 Å². The minimum Gasteiger partial charge on any atom is -0.322 e. The van der Waals surface area contributed by atoms with Crippen molar-refractivity contribution in [2.24, 2.45) is 0 Å². The summed E-state index contributed by atoms with van der Waals surface area (Å²) in [6, 6.07) is 7.65. The Balaban J connectivity index is 1.77. The van der Waals surface area contributed by atoms with E-state index in [4.69, 9.17) is 0 Å². The van der Waals surface area contributed by atoms with Gasteiger partial charge in [-0.1, -0.05) is 6.92 Å². The molecule has 0 atom stereocenters. The number of anilines is 1. The zero-order valence-electron chi connectivity index (χ0n) is 14.9. The number of aromatic nitrogens is 4. The Bertz CT molecular complexity index is 912. The van der Waals surface area contributed by atoms with Crippen LogP contribution < -0.4 is 5.32 Å². The highest BCUT2D eigenvalue weighted by Crippen LogP contribution is 2.17. The summed E-state index contributed by atoms with van der Waals surface area (Å²) in [6.07, 6.45) is 4.13. The van der Waals surface area contributed by atoms with Crippen LogP contribution in [0.3, 0.4) is 0 Å². The van der Waals surface area contributed by atoms with Crippen LogP contribution in [-0.4, -0.2) is 25.4 Å². The molecule has 0 saturated carbocycles. The minimum atomic E-state index is -0.206. The molecule has 0 saturated heterocycles. The molecule has 1 aromatic carbocycles. The van der Waals surface area contributed by atoms with Crippen LogP contribution in [0.25, 0.3) is 5.69 Å². The number of hydrogen-bond acceptors (Lipinski definition) is 4. The topological polar surface area (TPSA) is 72.7 Å². The quantitative estimate of drug-likeness (QED) is 0.793. The molecule has 0 aliphatic heterocycles. The molecule has 0 unspecified atom stereocenters. The largest absolute Gasteiger partial charge is 0.322 e. The first-order valence-electron chi connectivity index (χ1n) is 8.24. The third kappa shape index (κ3) is 3.42. The Morgan fingerprint density at radius 1 is 1.08 bits per heavy atom. The van der Waals surface area contributed by atoms with Gasteiger partial charge in [-0.3, -0.25) is 4.79 Å². The molecule has 6 nitrogen and oxygen atoms in total. The Morgan fingerprint density at radius 3 is 2.36 bits per heavy atom. The van der Waals surface area contributed by atoms with E-state index in [1.807, 2.05) is 56.5 Å². The predicted octanol–water partition coefficient (Wildman–Crippen LogP) is 3.40. The number of aryl methyl sites for hydroxylation is 3. The van der Waals surface area contributed by atoms with Gasteiger partial charge in [0.1, 0.15) is 5.82 Å². The zero-order valence-corrected chi connectivity index (χ0v) is 14.9. The highest BCUT2D eigenvalue weighted by Gasteiger charge is 2.12. The van der Waals surface area contributed by atoms with Crippen LogP contribution >= 0.6 is 0 Å². The fraction of sp³-hybridized carbons (Fsp3) is 0.263. The van der Waals surface area contributed by atoms with Crippen molar-refractivity contribution >= 4 is 11.6 Å². The van der Waals surface area contributed by atoms with Crippen LogP contribution in [0.2, 0.25) is 0 Å². The molecule has 2 aromatic heterocycles. The van der Waals surface area contributed by atoms with E-state index in [1.54, 1.807) is 12.5 Å². The molecule has 0 bridgehead atoms. The van der Waals surface area contributed by atoms with E-state index in [-0.39, 0.29) is 5.91 Å². The highest BCUT2D eigenvalue weighted by atomic mass is 16.1. The van der Waals surface area contributed by atoms with Crippen molar-refractivity contribution in [3.05, 3.63) is 65.3 Å². The molecular weight excluding hydrogens is 314 g/mol. The number of amides is 1. The van der Waals surface area contributed by atoms with Crippen molar-refractivity contribution in [3.8, 4) is 5.69 Å². The van der Waals surface area contributed by atoms with Gasteiger partial charge in [-0.15, -0.1) is 0 Å². The monoisotopic (exact) mass is 335 g/mol. The molecule has 2 heterocycles. The SMILES string of the molecule is CCc1ncc(C(=O)Nc2ccc(-n3cnc(C)c3C)cc2)c(C)n1. The lowest BCUT2D eigenvalue weighted by Crippen LogP contribution is -2.15. The molecule has 0 spiro atoms. The number of benzene rings is 1. The van der Waals surface area contributed by atoms with E-state index in [9.17, 15) is 4.79 Å². The average molecular weight is 335 g/mol. The lowest BCUT2D eigenvalue weighted by Gasteiger charge is -2.10. The van der Waals surface area contributed by atoms with E-state index >= 15 is 0 Å². The second kappa shape index (κ2) is 6.84. The maximum absolute atomic E-state index is 12.4. The fourth-order valence-corrected chi connectivity index (χ4v) is 2.57. The first kappa shape index (κ1) is 16.8. The summed E-state index contributed by atoms with van der Waals surface area (Å²) in [7, 11) is 0. The summed E-state index contributed by atoms with van der Waals surface area (Å²) in [5.41, 5.74) is 5.00.